The maximum absolute atomic E-state index is 14.1. The zero-order chi connectivity index (χ0) is 18.1. The highest BCUT2D eigenvalue weighted by Gasteiger charge is 2.28. The molecular weight excluding hydrogens is 328 g/mol. The molecule has 0 fully saturated rings. The number of aromatic carboxylic acids is 1. The second-order valence-electron chi connectivity index (χ2n) is 6.37. The van der Waals surface area contributed by atoms with Crippen LogP contribution in [0.15, 0.2) is 12.1 Å². The Morgan fingerprint density at radius 2 is 2.20 bits per heavy atom. The van der Waals surface area contributed by atoms with Crippen molar-refractivity contribution in [1.29, 1.82) is 0 Å². The molecule has 1 heterocycles. The van der Waals surface area contributed by atoms with Crippen LogP contribution in [0.5, 0.6) is 0 Å². The van der Waals surface area contributed by atoms with Crippen LogP contribution in [0.2, 0.25) is 0 Å². The zero-order valence-corrected chi connectivity index (χ0v) is 14.3. The number of hydrogen-bond donors (Lipinski definition) is 2. The minimum Gasteiger partial charge on any atom is -0.476 e. The van der Waals surface area contributed by atoms with Crippen LogP contribution in [-0.2, 0) is 25.9 Å². The topological polar surface area (TPSA) is 67.2 Å². The molecule has 7 heteroatoms. The van der Waals surface area contributed by atoms with Gasteiger partial charge in [0.15, 0.2) is 5.69 Å². The molecule has 0 bridgehead atoms. The van der Waals surface area contributed by atoms with Crippen molar-refractivity contribution in [2.45, 2.75) is 52.2 Å². The molecule has 134 valence electrons. The Morgan fingerprint density at radius 1 is 1.44 bits per heavy atom. The predicted octanol–water partition coefficient (Wildman–Crippen LogP) is 2.83. The Hall–Kier alpha value is -2.28. The van der Waals surface area contributed by atoms with Crippen LogP contribution < -0.4 is 5.32 Å². The summed E-state index contributed by atoms with van der Waals surface area (Å²) in [5.41, 5.74) is 2.18. The van der Waals surface area contributed by atoms with Gasteiger partial charge in [-0.3, -0.25) is 4.68 Å². The normalized spacial score (nSPS) is 16.7. The molecule has 2 N–H and O–H groups in total. The summed E-state index contributed by atoms with van der Waals surface area (Å²) < 4.78 is 29.7. The first-order chi connectivity index (χ1) is 11.9. The average Bonchev–Trinajstić information content (AvgIpc) is 2.96. The van der Waals surface area contributed by atoms with Crippen LogP contribution in [0.4, 0.5) is 8.78 Å². The Morgan fingerprint density at radius 3 is 2.88 bits per heavy atom. The van der Waals surface area contributed by atoms with Gasteiger partial charge < -0.3 is 10.4 Å². The monoisotopic (exact) mass is 349 g/mol. The van der Waals surface area contributed by atoms with E-state index in [2.05, 4.69) is 10.4 Å². The summed E-state index contributed by atoms with van der Waals surface area (Å²) in [7, 11) is 0. The van der Waals surface area contributed by atoms with Crippen molar-refractivity contribution < 1.29 is 18.7 Å². The maximum atomic E-state index is 14.1. The maximum Gasteiger partial charge on any atom is 0.356 e. The number of nitrogens with one attached hydrogen (secondary N) is 1. The molecule has 1 atom stereocenters. The minimum atomic E-state index is -1.04. The van der Waals surface area contributed by atoms with Crippen molar-refractivity contribution in [3.05, 3.63) is 51.8 Å². The van der Waals surface area contributed by atoms with Gasteiger partial charge in [0.25, 0.3) is 0 Å². The van der Waals surface area contributed by atoms with Gasteiger partial charge in [0, 0.05) is 36.0 Å². The van der Waals surface area contributed by atoms with Crippen molar-refractivity contribution in [3.63, 3.8) is 0 Å². The molecule has 1 aliphatic rings. The van der Waals surface area contributed by atoms with Gasteiger partial charge in [0.05, 0.1) is 0 Å². The number of rotatable bonds is 5. The number of benzene rings is 1. The summed E-state index contributed by atoms with van der Waals surface area (Å²) in [4.78, 5) is 11.4. The van der Waals surface area contributed by atoms with Gasteiger partial charge in [-0.2, -0.15) is 5.10 Å². The number of nitrogens with zero attached hydrogens (tertiary/aromatic N) is 2. The predicted molar refractivity (Wildman–Crippen MR) is 88.6 cm³/mol. The van der Waals surface area contributed by atoms with Crippen LogP contribution in [-0.4, -0.2) is 26.9 Å². The van der Waals surface area contributed by atoms with E-state index < -0.39 is 17.6 Å². The van der Waals surface area contributed by atoms with E-state index in [0.717, 1.165) is 17.7 Å². The molecule has 3 rings (SSSR count). The highest BCUT2D eigenvalue weighted by molar-refractivity contribution is 5.87. The molecule has 1 aromatic carbocycles. The smallest absolute Gasteiger partial charge is 0.356 e. The number of aryl methyl sites for hydroxylation is 2. The lowest BCUT2D eigenvalue weighted by atomic mass is 9.91. The van der Waals surface area contributed by atoms with E-state index in [0.29, 0.717) is 24.9 Å². The highest BCUT2D eigenvalue weighted by atomic mass is 19.1. The molecule has 0 amide bonds. The van der Waals surface area contributed by atoms with Crippen molar-refractivity contribution in [3.8, 4) is 0 Å². The number of carbonyl (C=O) groups is 1. The quantitative estimate of drug-likeness (QED) is 0.871. The summed E-state index contributed by atoms with van der Waals surface area (Å²) in [5.74, 6) is -2.15. The first-order valence-electron chi connectivity index (χ1n) is 8.41. The third kappa shape index (κ3) is 3.28. The van der Waals surface area contributed by atoms with Crippen molar-refractivity contribution in [2.24, 2.45) is 0 Å². The molecule has 0 saturated carbocycles. The number of carboxylic acid groups (broad SMARTS) is 1. The zero-order valence-electron chi connectivity index (χ0n) is 14.3. The lowest BCUT2D eigenvalue weighted by Gasteiger charge is -2.24. The molecule has 1 aromatic heterocycles. The molecule has 1 unspecified atom stereocenters. The van der Waals surface area contributed by atoms with E-state index in [1.54, 1.807) is 11.6 Å². The standard InChI is InChI=1S/C18H21F2N3O2/c1-3-23-15-7-5-11(8-12(15)17(22-23)18(24)25)21-9-13-14(19)6-4-10(2)16(13)20/h4,6,11,21H,3,5,7-9H2,1-2H3,(H,24,25). The first kappa shape index (κ1) is 17.5. The molecule has 1 aliphatic carbocycles. The average molecular weight is 349 g/mol. The SMILES string of the molecule is CCn1nc(C(=O)O)c2c1CCC(NCc1c(F)ccc(C)c1F)C2. The molecule has 2 aromatic rings. The third-order valence-electron chi connectivity index (χ3n) is 4.80. The van der Waals surface area contributed by atoms with E-state index in [1.165, 1.54) is 12.1 Å². The van der Waals surface area contributed by atoms with Crippen LogP contribution in [0.25, 0.3) is 0 Å². The number of hydrogen-bond acceptors (Lipinski definition) is 3. The van der Waals surface area contributed by atoms with E-state index in [9.17, 15) is 18.7 Å². The van der Waals surface area contributed by atoms with E-state index in [1.807, 2.05) is 6.92 Å². The molecule has 0 aliphatic heterocycles. The van der Waals surface area contributed by atoms with Gasteiger partial charge in [-0.05, 0) is 44.7 Å². The fourth-order valence-electron chi connectivity index (χ4n) is 3.42. The third-order valence-corrected chi connectivity index (χ3v) is 4.80. The summed E-state index contributed by atoms with van der Waals surface area (Å²) in [5, 5.41) is 16.7. The lowest BCUT2D eigenvalue weighted by Crippen LogP contribution is -2.35. The van der Waals surface area contributed by atoms with Crippen molar-refractivity contribution in [2.75, 3.05) is 0 Å². The molecule has 5 nitrogen and oxygen atoms in total. The molecule has 0 spiro atoms. The van der Waals surface area contributed by atoms with Crippen LogP contribution >= 0.6 is 0 Å². The second kappa shape index (κ2) is 6.92. The largest absolute Gasteiger partial charge is 0.476 e. The number of aromatic nitrogens is 2. The summed E-state index contributed by atoms with van der Waals surface area (Å²) >= 11 is 0. The van der Waals surface area contributed by atoms with Crippen LogP contribution in [0.1, 0.15) is 46.2 Å². The minimum absolute atomic E-state index is 0.0218. The van der Waals surface area contributed by atoms with Crippen molar-refractivity contribution in [1.82, 2.24) is 15.1 Å². The van der Waals surface area contributed by atoms with Crippen LogP contribution in [0.3, 0.4) is 0 Å². The molecule has 0 radical (unpaired) electrons. The van der Waals surface area contributed by atoms with Gasteiger partial charge in [0.1, 0.15) is 11.6 Å². The molecular formula is C18H21F2N3O2. The van der Waals surface area contributed by atoms with E-state index in [-0.39, 0.29) is 23.8 Å². The second-order valence-corrected chi connectivity index (χ2v) is 6.37. The Bertz CT molecular complexity index is 817. The number of halogens is 2. The van der Waals surface area contributed by atoms with E-state index >= 15 is 0 Å². The van der Waals surface area contributed by atoms with Crippen LogP contribution in [0, 0.1) is 18.6 Å². The fraction of sp³-hybridized carbons (Fsp3) is 0.444. The highest BCUT2D eigenvalue weighted by Crippen LogP contribution is 2.26. The summed E-state index contributed by atoms with van der Waals surface area (Å²) in [6.07, 6.45) is 1.96. The van der Waals surface area contributed by atoms with Gasteiger partial charge in [0.2, 0.25) is 0 Å². The number of fused-ring (bicyclic) bond motifs is 1. The number of carboxylic acids is 1. The Kier molecular flexibility index (Phi) is 4.85. The summed E-state index contributed by atoms with van der Waals surface area (Å²) in [6.45, 7) is 4.22. The lowest BCUT2D eigenvalue weighted by molar-refractivity contribution is 0.0688. The Labute approximate surface area is 144 Å². The van der Waals surface area contributed by atoms with Gasteiger partial charge >= 0.3 is 5.97 Å². The van der Waals surface area contributed by atoms with Gasteiger partial charge in [-0.1, -0.05) is 6.07 Å². The van der Waals surface area contributed by atoms with Gasteiger partial charge in [-0.25, -0.2) is 13.6 Å². The first-order valence-corrected chi connectivity index (χ1v) is 8.41. The molecule has 25 heavy (non-hydrogen) atoms. The molecule has 0 saturated heterocycles. The fourth-order valence-corrected chi connectivity index (χ4v) is 3.42. The van der Waals surface area contributed by atoms with Gasteiger partial charge in [-0.15, -0.1) is 0 Å². The van der Waals surface area contributed by atoms with E-state index in [4.69, 9.17) is 0 Å². The van der Waals surface area contributed by atoms with Crippen molar-refractivity contribution >= 4 is 5.97 Å². The summed E-state index contributed by atoms with van der Waals surface area (Å²) in [6, 6.07) is 2.64. The Balaban J connectivity index is 1.77.